The van der Waals surface area contributed by atoms with E-state index >= 15 is 0 Å². The number of ether oxygens (including phenoxy) is 2. The Morgan fingerprint density at radius 2 is 1.31 bits per heavy atom. The molecular weight excluding hydrogens is 338 g/mol. The van der Waals surface area contributed by atoms with E-state index in [-0.39, 0.29) is 11.3 Å². The highest BCUT2D eigenvalue weighted by molar-refractivity contribution is 5.97. The van der Waals surface area contributed by atoms with Crippen LogP contribution in [0.1, 0.15) is 38.0 Å². The minimum Gasteiger partial charge on any atom is -0.465 e. The normalized spacial score (nSPS) is 9.92. The molecule has 2 aromatic carbocycles. The van der Waals surface area contributed by atoms with E-state index in [0.717, 1.165) is 0 Å². The highest BCUT2D eigenvalue weighted by Crippen LogP contribution is 2.10. The maximum Gasteiger partial charge on any atom is 0.338 e. The summed E-state index contributed by atoms with van der Waals surface area (Å²) in [5, 5.41) is 2.56. The van der Waals surface area contributed by atoms with Crippen molar-refractivity contribution in [2.75, 3.05) is 19.0 Å². The third-order valence-corrected chi connectivity index (χ3v) is 3.45. The third kappa shape index (κ3) is 5.01. The number of hydrogen-bond donors (Lipinski definition) is 1. The minimum absolute atomic E-state index is 0.0741. The lowest BCUT2D eigenvalue weighted by atomic mass is 10.1. The van der Waals surface area contributed by atoms with E-state index in [0.29, 0.717) is 16.8 Å². The number of ketones is 1. The number of carbonyl (C=O) groups excluding carboxylic acids is 4. The summed E-state index contributed by atoms with van der Waals surface area (Å²) in [4.78, 5) is 46.3. The number of carbonyl (C=O) groups is 4. The molecule has 0 aliphatic carbocycles. The molecule has 26 heavy (non-hydrogen) atoms. The Balaban J connectivity index is 1.87. The van der Waals surface area contributed by atoms with E-state index in [9.17, 15) is 19.2 Å². The van der Waals surface area contributed by atoms with Crippen molar-refractivity contribution in [2.45, 2.75) is 6.92 Å². The molecule has 0 saturated heterocycles. The van der Waals surface area contributed by atoms with Gasteiger partial charge in [-0.05, 0) is 55.5 Å². The molecular formula is C19H17NO6. The summed E-state index contributed by atoms with van der Waals surface area (Å²) in [6.45, 7) is 0.983. The Morgan fingerprint density at radius 1 is 0.808 bits per heavy atom. The van der Waals surface area contributed by atoms with Gasteiger partial charge in [-0.3, -0.25) is 9.59 Å². The zero-order chi connectivity index (χ0) is 19.1. The molecule has 0 fully saturated rings. The SMILES string of the molecule is COC(=O)c1ccc(C(=O)OCC(=O)Nc2ccc(C(C)=O)cc2)cc1. The van der Waals surface area contributed by atoms with Crippen LogP contribution in [0.5, 0.6) is 0 Å². The number of benzene rings is 2. The van der Waals surface area contributed by atoms with E-state index in [2.05, 4.69) is 10.1 Å². The largest absolute Gasteiger partial charge is 0.465 e. The van der Waals surface area contributed by atoms with Gasteiger partial charge in [-0.1, -0.05) is 0 Å². The number of esters is 2. The van der Waals surface area contributed by atoms with Gasteiger partial charge in [-0.15, -0.1) is 0 Å². The van der Waals surface area contributed by atoms with Crippen LogP contribution in [0.15, 0.2) is 48.5 Å². The van der Waals surface area contributed by atoms with Crippen LogP contribution in [-0.4, -0.2) is 37.3 Å². The number of nitrogens with one attached hydrogen (secondary N) is 1. The van der Waals surface area contributed by atoms with Crippen LogP contribution < -0.4 is 5.32 Å². The monoisotopic (exact) mass is 355 g/mol. The zero-order valence-electron chi connectivity index (χ0n) is 14.3. The third-order valence-electron chi connectivity index (χ3n) is 3.45. The average Bonchev–Trinajstić information content (AvgIpc) is 2.66. The minimum atomic E-state index is -0.691. The molecule has 0 heterocycles. The fraction of sp³-hybridized carbons (Fsp3) is 0.158. The second kappa shape index (κ2) is 8.57. The fourth-order valence-electron chi connectivity index (χ4n) is 2.06. The molecule has 0 bridgehead atoms. The summed E-state index contributed by atoms with van der Waals surface area (Å²) < 4.78 is 9.50. The predicted octanol–water partition coefficient (Wildman–Crippen LogP) is 2.47. The van der Waals surface area contributed by atoms with Crippen molar-refractivity contribution in [3.63, 3.8) is 0 Å². The highest BCUT2D eigenvalue weighted by atomic mass is 16.5. The van der Waals surface area contributed by atoms with E-state index < -0.39 is 24.5 Å². The van der Waals surface area contributed by atoms with Crippen molar-refractivity contribution in [1.29, 1.82) is 0 Å². The van der Waals surface area contributed by atoms with Crippen LogP contribution in [0.3, 0.4) is 0 Å². The van der Waals surface area contributed by atoms with Gasteiger partial charge in [0.25, 0.3) is 5.91 Å². The Labute approximate surface area is 149 Å². The summed E-state index contributed by atoms with van der Waals surface area (Å²) in [7, 11) is 1.26. The van der Waals surface area contributed by atoms with Crippen molar-refractivity contribution in [3.05, 3.63) is 65.2 Å². The van der Waals surface area contributed by atoms with E-state index in [1.54, 1.807) is 24.3 Å². The Kier molecular flexibility index (Phi) is 6.21. The smallest absolute Gasteiger partial charge is 0.338 e. The van der Waals surface area contributed by atoms with Crippen LogP contribution in [0, 0.1) is 0 Å². The van der Waals surface area contributed by atoms with Crippen LogP contribution in [0.4, 0.5) is 5.69 Å². The highest BCUT2D eigenvalue weighted by Gasteiger charge is 2.12. The molecule has 0 aromatic heterocycles. The van der Waals surface area contributed by atoms with Gasteiger partial charge in [0.15, 0.2) is 12.4 Å². The lowest BCUT2D eigenvalue weighted by Crippen LogP contribution is -2.21. The van der Waals surface area contributed by atoms with Crippen molar-refractivity contribution >= 4 is 29.3 Å². The standard InChI is InChI=1S/C19H17NO6/c1-12(21)13-7-9-16(10-8-13)20-17(22)11-26-19(24)15-5-3-14(4-6-15)18(23)25-2/h3-10H,11H2,1-2H3,(H,20,22). The number of rotatable bonds is 6. The molecule has 134 valence electrons. The van der Waals surface area contributed by atoms with Gasteiger partial charge in [0.2, 0.25) is 0 Å². The van der Waals surface area contributed by atoms with Gasteiger partial charge in [-0.2, -0.15) is 0 Å². The molecule has 1 N–H and O–H groups in total. The van der Waals surface area contributed by atoms with Crippen LogP contribution in [0.2, 0.25) is 0 Å². The Morgan fingerprint density at radius 3 is 1.81 bits per heavy atom. The first-order valence-corrected chi connectivity index (χ1v) is 7.67. The number of Topliss-reactive ketones (excluding diaryl/α,β-unsaturated/α-hetero) is 1. The lowest BCUT2D eigenvalue weighted by molar-refractivity contribution is -0.119. The molecule has 0 atom stereocenters. The summed E-state index contributed by atoms with van der Waals surface area (Å²) >= 11 is 0. The second-order valence-electron chi connectivity index (χ2n) is 5.33. The molecule has 2 aromatic rings. The number of hydrogen-bond acceptors (Lipinski definition) is 6. The lowest BCUT2D eigenvalue weighted by Gasteiger charge is -2.07. The van der Waals surface area contributed by atoms with Gasteiger partial charge in [0.1, 0.15) is 0 Å². The van der Waals surface area contributed by atoms with Crippen LogP contribution in [-0.2, 0) is 14.3 Å². The number of anilines is 1. The Hall–Kier alpha value is -3.48. The van der Waals surface area contributed by atoms with Gasteiger partial charge in [0, 0.05) is 11.3 Å². The maximum atomic E-state index is 11.9. The first-order chi connectivity index (χ1) is 12.4. The summed E-state index contributed by atoms with van der Waals surface area (Å²) in [5.74, 6) is -1.79. The summed E-state index contributed by atoms with van der Waals surface area (Å²) in [5.41, 5.74) is 1.52. The number of methoxy groups -OCH3 is 1. The van der Waals surface area contributed by atoms with Gasteiger partial charge >= 0.3 is 11.9 Å². The predicted molar refractivity (Wildman–Crippen MR) is 93.1 cm³/mol. The van der Waals surface area contributed by atoms with E-state index in [1.165, 1.54) is 38.3 Å². The number of amides is 1. The van der Waals surface area contributed by atoms with Crippen molar-refractivity contribution in [1.82, 2.24) is 0 Å². The molecule has 0 aliphatic rings. The van der Waals surface area contributed by atoms with Crippen molar-refractivity contribution < 1.29 is 28.7 Å². The van der Waals surface area contributed by atoms with Crippen molar-refractivity contribution in [2.24, 2.45) is 0 Å². The van der Waals surface area contributed by atoms with Gasteiger partial charge in [-0.25, -0.2) is 9.59 Å². The van der Waals surface area contributed by atoms with Gasteiger partial charge < -0.3 is 14.8 Å². The second-order valence-corrected chi connectivity index (χ2v) is 5.33. The van der Waals surface area contributed by atoms with Gasteiger partial charge in [0.05, 0.1) is 18.2 Å². The summed E-state index contributed by atoms with van der Waals surface area (Å²) in [6, 6.07) is 12.0. The molecule has 0 saturated carbocycles. The average molecular weight is 355 g/mol. The maximum absolute atomic E-state index is 11.9. The molecule has 0 unspecified atom stereocenters. The topological polar surface area (TPSA) is 98.8 Å². The molecule has 0 aliphatic heterocycles. The Bertz CT molecular complexity index is 824. The van der Waals surface area contributed by atoms with Crippen LogP contribution in [0.25, 0.3) is 0 Å². The molecule has 0 radical (unpaired) electrons. The molecule has 7 heteroatoms. The van der Waals surface area contributed by atoms with Crippen molar-refractivity contribution in [3.8, 4) is 0 Å². The first-order valence-electron chi connectivity index (χ1n) is 7.67. The quantitative estimate of drug-likeness (QED) is 0.631. The van der Waals surface area contributed by atoms with Crippen LogP contribution >= 0.6 is 0 Å². The fourth-order valence-corrected chi connectivity index (χ4v) is 2.06. The summed E-state index contributed by atoms with van der Waals surface area (Å²) in [6.07, 6.45) is 0. The van der Waals surface area contributed by atoms with E-state index in [4.69, 9.17) is 4.74 Å². The zero-order valence-corrected chi connectivity index (χ0v) is 14.3. The first kappa shape index (κ1) is 18.9. The molecule has 0 spiro atoms. The molecule has 1 amide bonds. The van der Waals surface area contributed by atoms with E-state index in [1.807, 2.05) is 0 Å². The molecule has 2 rings (SSSR count). The molecule has 7 nitrogen and oxygen atoms in total.